The van der Waals surface area contributed by atoms with Crippen molar-refractivity contribution in [1.82, 2.24) is 5.32 Å². The normalized spacial score (nSPS) is 26.2. The third-order valence-electron chi connectivity index (χ3n) is 3.99. The van der Waals surface area contributed by atoms with Gasteiger partial charge in [0.15, 0.2) is 0 Å². The first kappa shape index (κ1) is 14.0. The summed E-state index contributed by atoms with van der Waals surface area (Å²) < 4.78 is 5.49. The van der Waals surface area contributed by atoms with Crippen LogP contribution < -0.4 is 5.32 Å². The van der Waals surface area contributed by atoms with E-state index >= 15 is 0 Å². The van der Waals surface area contributed by atoms with Gasteiger partial charge >= 0.3 is 0 Å². The minimum atomic E-state index is 0.0535. The molecule has 0 amide bonds. The number of nitrogens with one attached hydrogen (secondary N) is 1. The first-order valence-corrected chi connectivity index (χ1v) is 6.87. The van der Waals surface area contributed by atoms with Gasteiger partial charge in [0, 0.05) is 13.2 Å². The fourth-order valence-corrected chi connectivity index (χ4v) is 2.62. The van der Waals surface area contributed by atoms with Gasteiger partial charge in [-0.3, -0.25) is 0 Å². The highest BCUT2D eigenvalue weighted by Crippen LogP contribution is 2.31. The van der Waals surface area contributed by atoms with Gasteiger partial charge in [-0.15, -0.1) is 0 Å². The lowest BCUT2D eigenvalue weighted by Crippen LogP contribution is -2.34. The zero-order valence-corrected chi connectivity index (χ0v) is 11.5. The summed E-state index contributed by atoms with van der Waals surface area (Å²) >= 11 is 0. The van der Waals surface area contributed by atoms with E-state index in [9.17, 15) is 0 Å². The molecule has 0 aromatic rings. The summed E-state index contributed by atoms with van der Waals surface area (Å²) in [4.78, 5) is 0. The SMILES string of the molecule is CCCNC1CCCC1CCC(C)(C)OC. The van der Waals surface area contributed by atoms with Crippen LogP contribution in [0, 0.1) is 5.92 Å². The molecule has 2 nitrogen and oxygen atoms in total. The van der Waals surface area contributed by atoms with Crippen LogP contribution in [0.5, 0.6) is 0 Å². The number of hydrogen-bond acceptors (Lipinski definition) is 2. The van der Waals surface area contributed by atoms with Crippen molar-refractivity contribution in [3.05, 3.63) is 0 Å². The second-order valence-corrected chi connectivity index (χ2v) is 5.75. The van der Waals surface area contributed by atoms with E-state index in [2.05, 4.69) is 26.1 Å². The zero-order valence-electron chi connectivity index (χ0n) is 11.5. The topological polar surface area (TPSA) is 21.3 Å². The maximum absolute atomic E-state index is 5.49. The molecule has 0 aromatic carbocycles. The standard InChI is InChI=1S/C14H29NO/c1-5-11-15-13-8-6-7-12(13)9-10-14(2,3)16-4/h12-13,15H,5-11H2,1-4H3. The van der Waals surface area contributed by atoms with Gasteiger partial charge < -0.3 is 10.1 Å². The Kier molecular flexibility index (Phi) is 5.77. The van der Waals surface area contributed by atoms with Gasteiger partial charge in [-0.25, -0.2) is 0 Å². The molecule has 1 aliphatic carbocycles. The largest absolute Gasteiger partial charge is 0.379 e. The van der Waals surface area contributed by atoms with Crippen molar-refractivity contribution in [3.8, 4) is 0 Å². The van der Waals surface area contributed by atoms with Gasteiger partial charge in [-0.05, 0) is 58.4 Å². The predicted molar refractivity (Wildman–Crippen MR) is 69.7 cm³/mol. The second kappa shape index (κ2) is 6.61. The Balaban J connectivity index is 2.29. The van der Waals surface area contributed by atoms with Crippen LogP contribution in [0.1, 0.15) is 59.3 Å². The molecule has 1 saturated carbocycles. The molecule has 0 radical (unpaired) electrons. The number of methoxy groups -OCH3 is 1. The molecule has 16 heavy (non-hydrogen) atoms. The number of hydrogen-bond donors (Lipinski definition) is 1. The summed E-state index contributed by atoms with van der Waals surface area (Å²) in [6.07, 6.45) is 7.91. The molecular formula is C14H29NO. The van der Waals surface area contributed by atoms with Gasteiger partial charge in [0.1, 0.15) is 0 Å². The molecule has 1 rings (SSSR count). The van der Waals surface area contributed by atoms with E-state index < -0.39 is 0 Å². The van der Waals surface area contributed by atoms with E-state index in [0.717, 1.165) is 12.0 Å². The highest BCUT2D eigenvalue weighted by atomic mass is 16.5. The fraction of sp³-hybridized carbons (Fsp3) is 1.00. The van der Waals surface area contributed by atoms with Crippen molar-refractivity contribution in [3.63, 3.8) is 0 Å². The van der Waals surface area contributed by atoms with Crippen molar-refractivity contribution in [2.75, 3.05) is 13.7 Å². The van der Waals surface area contributed by atoms with Crippen molar-refractivity contribution in [2.24, 2.45) is 5.92 Å². The molecule has 0 spiro atoms. The molecule has 0 heterocycles. The summed E-state index contributed by atoms with van der Waals surface area (Å²) in [5, 5.41) is 3.69. The first-order chi connectivity index (χ1) is 7.59. The third kappa shape index (κ3) is 4.42. The quantitative estimate of drug-likeness (QED) is 0.720. The molecule has 1 aliphatic rings. The summed E-state index contributed by atoms with van der Waals surface area (Å²) in [5.41, 5.74) is 0.0535. The zero-order chi connectivity index (χ0) is 12.0. The average Bonchev–Trinajstić information content (AvgIpc) is 2.71. The summed E-state index contributed by atoms with van der Waals surface area (Å²) in [5.74, 6) is 0.876. The van der Waals surface area contributed by atoms with Crippen molar-refractivity contribution < 1.29 is 4.74 Å². The molecule has 2 unspecified atom stereocenters. The highest BCUT2D eigenvalue weighted by Gasteiger charge is 2.28. The Bertz CT molecular complexity index is 191. The summed E-state index contributed by atoms with van der Waals surface area (Å²) in [7, 11) is 1.82. The molecule has 0 bridgehead atoms. The molecule has 1 N–H and O–H groups in total. The van der Waals surface area contributed by atoms with Crippen LogP contribution in [0.15, 0.2) is 0 Å². The van der Waals surface area contributed by atoms with E-state index in [1.165, 1.54) is 45.1 Å². The maximum atomic E-state index is 5.49. The van der Waals surface area contributed by atoms with Crippen LogP contribution in [0.2, 0.25) is 0 Å². The van der Waals surface area contributed by atoms with Crippen LogP contribution in [0.4, 0.5) is 0 Å². The highest BCUT2D eigenvalue weighted by molar-refractivity contribution is 4.84. The predicted octanol–water partition coefficient (Wildman–Crippen LogP) is 3.36. The molecule has 96 valence electrons. The van der Waals surface area contributed by atoms with Gasteiger partial charge in [0.05, 0.1) is 5.60 Å². The molecular weight excluding hydrogens is 198 g/mol. The van der Waals surface area contributed by atoms with Gasteiger partial charge in [0.25, 0.3) is 0 Å². The van der Waals surface area contributed by atoms with Crippen molar-refractivity contribution >= 4 is 0 Å². The third-order valence-corrected chi connectivity index (χ3v) is 3.99. The second-order valence-electron chi connectivity index (χ2n) is 5.75. The Hall–Kier alpha value is -0.0800. The van der Waals surface area contributed by atoms with Gasteiger partial charge in [-0.2, -0.15) is 0 Å². The molecule has 0 saturated heterocycles. The van der Waals surface area contributed by atoms with E-state index in [4.69, 9.17) is 4.74 Å². The number of ether oxygens (including phenoxy) is 1. The van der Waals surface area contributed by atoms with E-state index in [1.807, 2.05) is 7.11 Å². The fourth-order valence-electron chi connectivity index (χ4n) is 2.62. The Morgan fingerprint density at radius 3 is 2.69 bits per heavy atom. The van der Waals surface area contributed by atoms with Gasteiger partial charge in [-0.1, -0.05) is 13.3 Å². The van der Waals surface area contributed by atoms with Crippen LogP contribution in [0.3, 0.4) is 0 Å². The minimum absolute atomic E-state index is 0.0535. The Morgan fingerprint density at radius 1 is 1.31 bits per heavy atom. The number of rotatable bonds is 7. The van der Waals surface area contributed by atoms with Crippen LogP contribution in [-0.2, 0) is 4.74 Å². The maximum Gasteiger partial charge on any atom is 0.0622 e. The van der Waals surface area contributed by atoms with Crippen LogP contribution >= 0.6 is 0 Å². The molecule has 1 fully saturated rings. The summed E-state index contributed by atoms with van der Waals surface area (Å²) in [6, 6.07) is 0.771. The van der Waals surface area contributed by atoms with Crippen molar-refractivity contribution in [2.45, 2.75) is 70.9 Å². The lowest BCUT2D eigenvalue weighted by molar-refractivity contribution is 0.00973. The van der Waals surface area contributed by atoms with Gasteiger partial charge in [0.2, 0.25) is 0 Å². The molecule has 0 aromatic heterocycles. The van der Waals surface area contributed by atoms with Crippen LogP contribution in [-0.4, -0.2) is 25.3 Å². The summed E-state index contributed by atoms with van der Waals surface area (Å²) in [6.45, 7) is 7.80. The Labute approximate surface area is 101 Å². The van der Waals surface area contributed by atoms with E-state index in [0.29, 0.717) is 0 Å². The van der Waals surface area contributed by atoms with E-state index in [-0.39, 0.29) is 5.60 Å². The first-order valence-electron chi connectivity index (χ1n) is 6.87. The minimum Gasteiger partial charge on any atom is -0.379 e. The molecule has 2 heteroatoms. The molecule has 2 atom stereocenters. The lowest BCUT2D eigenvalue weighted by Gasteiger charge is -2.27. The Morgan fingerprint density at radius 2 is 2.06 bits per heavy atom. The molecule has 0 aliphatic heterocycles. The lowest BCUT2D eigenvalue weighted by atomic mass is 9.91. The van der Waals surface area contributed by atoms with E-state index in [1.54, 1.807) is 0 Å². The van der Waals surface area contributed by atoms with Crippen LogP contribution in [0.25, 0.3) is 0 Å². The average molecular weight is 227 g/mol. The monoisotopic (exact) mass is 227 g/mol. The smallest absolute Gasteiger partial charge is 0.0622 e. The van der Waals surface area contributed by atoms with Crippen molar-refractivity contribution in [1.29, 1.82) is 0 Å².